The van der Waals surface area contributed by atoms with Gasteiger partial charge < -0.3 is 19.9 Å². The van der Waals surface area contributed by atoms with Gasteiger partial charge in [0.05, 0.1) is 12.1 Å². The van der Waals surface area contributed by atoms with Gasteiger partial charge in [0, 0.05) is 7.05 Å². The number of nitrogens with zero attached hydrogens (tertiary/aromatic N) is 1. The number of rotatable bonds is 5. The highest BCUT2D eigenvalue weighted by Crippen LogP contribution is 2.37. The molecule has 0 spiro atoms. The Morgan fingerprint density at radius 3 is 2.65 bits per heavy atom. The number of urea groups is 1. The SMILES string of the molecule is COc1cc(/C=C2/NC(=O)N(C)C2=O)cc(Cl)c1OCC(=O)O. The Bertz CT molecular complexity index is 715. The van der Waals surface area contributed by atoms with E-state index < -0.39 is 24.5 Å². The summed E-state index contributed by atoms with van der Waals surface area (Å²) < 4.78 is 10.2. The van der Waals surface area contributed by atoms with Crippen molar-refractivity contribution in [3.05, 3.63) is 28.4 Å². The number of carbonyl (C=O) groups is 3. The van der Waals surface area contributed by atoms with Crippen molar-refractivity contribution in [2.75, 3.05) is 20.8 Å². The normalized spacial score (nSPS) is 15.8. The van der Waals surface area contributed by atoms with E-state index in [9.17, 15) is 14.4 Å². The van der Waals surface area contributed by atoms with E-state index in [2.05, 4.69) is 5.32 Å². The third kappa shape index (κ3) is 3.54. The number of benzene rings is 1. The van der Waals surface area contributed by atoms with Crippen LogP contribution in [0, 0.1) is 0 Å². The van der Waals surface area contributed by atoms with Crippen LogP contribution >= 0.6 is 11.6 Å². The average Bonchev–Trinajstić information content (AvgIpc) is 2.72. The first-order valence-electron chi connectivity index (χ1n) is 6.36. The molecule has 0 saturated carbocycles. The molecule has 1 aromatic rings. The van der Waals surface area contributed by atoms with Gasteiger partial charge in [-0.2, -0.15) is 0 Å². The lowest BCUT2D eigenvalue weighted by molar-refractivity contribution is -0.139. The summed E-state index contributed by atoms with van der Waals surface area (Å²) in [6.45, 7) is -0.574. The van der Waals surface area contributed by atoms with Crippen LogP contribution < -0.4 is 14.8 Å². The molecule has 0 unspecified atom stereocenters. The monoisotopic (exact) mass is 340 g/mol. The number of aliphatic carboxylic acids is 1. The molecule has 1 aliphatic rings. The molecule has 0 radical (unpaired) electrons. The van der Waals surface area contributed by atoms with E-state index in [-0.39, 0.29) is 22.2 Å². The van der Waals surface area contributed by atoms with Crippen LogP contribution in [0.3, 0.4) is 0 Å². The van der Waals surface area contributed by atoms with Gasteiger partial charge in [-0.3, -0.25) is 9.69 Å². The molecule has 3 amide bonds. The highest BCUT2D eigenvalue weighted by molar-refractivity contribution is 6.32. The van der Waals surface area contributed by atoms with Crippen LogP contribution in [0.25, 0.3) is 6.08 Å². The van der Waals surface area contributed by atoms with Gasteiger partial charge in [0.25, 0.3) is 5.91 Å². The smallest absolute Gasteiger partial charge is 0.341 e. The molecule has 0 atom stereocenters. The number of ether oxygens (including phenoxy) is 2. The van der Waals surface area contributed by atoms with Crippen molar-refractivity contribution in [1.82, 2.24) is 10.2 Å². The van der Waals surface area contributed by atoms with Crippen molar-refractivity contribution < 1.29 is 29.0 Å². The van der Waals surface area contributed by atoms with Crippen LogP contribution in [0.2, 0.25) is 5.02 Å². The average molecular weight is 341 g/mol. The first-order valence-corrected chi connectivity index (χ1v) is 6.74. The highest BCUT2D eigenvalue weighted by Gasteiger charge is 2.30. The molecular formula is C14H13ClN2O6. The number of methoxy groups -OCH3 is 1. The van der Waals surface area contributed by atoms with Crippen LogP contribution in [-0.4, -0.2) is 48.7 Å². The third-order valence-electron chi connectivity index (χ3n) is 2.98. The number of hydrogen-bond acceptors (Lipinski definition) is 5. The van der Waals surface area contributed by atoms with Gasteiger partial charge >= 0.3 is 12.0 Å². The zero-order chi connectivity index (χ0) is 17.1. The van der Waals surface area contributed by atoms with Crippen molar-refractivity contribution in [2.24, 2.45) is 0 Å². The number of imide groups is 1. The van der Waals surface area contributed by atoms with Crippen LogP contribution in [0.15, 0.2) is 17.8 Å². The Hall–Kier alpha value is -2.74. The summed E-state index contributed by atoms with van der Waals surface area (Å²) >= 11 is 6.07. The number of amides is 3. The van der Waals surface area contributed by atoms with Gasteiger partial charge in [0.2, 0.25) is 0 Å². The highest BCUT2D eigenvalue weighted by atomic mass is 35.5. The zero-order valence-electron chi connectivity index (χ0n) is 12.3. The van der Waals surface area contributed by atoms with E-state index in [0.29, 0.717) is 5.56 Å². The van der Waals surface area contributed by atoms with Crippen molar-refractivity contribution in [3.8, 4) is 11.5 Å². The molecule has 1 fully saturated rings. The fourth-order valence-corrected chi connectivity index (χ4v) is 2.16. The summed E-state index contributed by atoms with van der Waals surface area (Å²) in [4.78, 5) is 34.7. The lowest BCUT2D eigenvalue weighted by Crippen LogP contribution is -2.25. The van der Waals surface area contributed by atoms with Crippen LogP contribution in [-0.2, 0) is 9.59 Å². The maximum Gasteiger partial charge on any atom is 0.341 e. The number of halogens is 1. The molecule has 0 aliphatic carbocycles. The summed E-state index contributed by atoms with van der Waals surface area (Å²) in [7, 11) is 2.72. The second-order valence-electron chi connectivity index (χ2n) is 4.57. The van der Waals surface area contributed by atoms with Crippen molar-refractivity contribution in [1.29, 1.82) is 0 Å². The van der Waals surface area contributed by atoms with E-state index in [1.165, 1.54) is 32.4 Å². The van der Waals surface area contributed by atoms with Crippen molar-refractivity contribution in [3.63, 3.8) is 0 Å². The Balaban J connectivity index is 2.35. The molecule has 23 heavy (non-hydrogen) atoms. The molecular weight excluding hydrogens is 328 g/mol. The first kappa shape index (κ1) is 16.6. The second kappa shape index (κ2) is 6.57. The Labute approximate surface area is 136 Å². The van der Waals surface area contributed by atoms with E-state index in [4.69, 9.17) is 26.2 Å². The predicted molar refractivity (Wildman–Crippen MR) is 80.4 cm³/mol. The van der Waals surface area contributed by atoms with E-state index >= 15 is 0 Å². The van der Waals surface area contributed by atoms with Crippen molar-refractivity contribution in [2.45, 2.75) is 0 Å². The maximum absolute atomic E-state index is 11.8. The van der Waals surface area contributed by atoms with Crippen LogP contribution in [0.1, 0.15) is 5.56 Å². The lowest BCUT2D eigenvalue weighted by Gasteiger charge is -2.12. The van der Waals surface area contributed by atoms with Gasteiger partial charge in [-0.25, -0.2) is 9.59 Å². The van der Waals surface area contributed by atoms with Crippen LogP contribution in [0.4, 0.5) is 4.79 Å². The van der Waals surface area contributed by atoms with Gasteiger partial charge in [-0.05, 0) is 23.8 Å². The molecule has 2 rings (SSSR count). The van der Waals surface area contributed by atoms with Crippen molar-refractivity contribution >= 4 is 35.6 Å². The quantitative estimate of drug-likeness (QED) is 0.619. The van der Waals surface area contributed by atoms with Gasteiger partial charge in [-0.15, -0.1) is 0 Å². The summed E-state index contributed by atoms with van der Waals surface area (Å²) in [6.07, 6.45) is 1.43. The molecule has 0 aromatic heterocycles. The second-order valence-corrected chi connectivity index (χ2v) is 4.98. The number of hydrogen-bond donors (Lipinski definition) is 2. The van der Waals surface area contributed by atoms with E-state index in [0.717, 1.165) is 4.90 Å². The molecule has 1 heterocycles. The molecule has 9 heteroatoms. The maximum atomic E-state index is 11.8. The number of likely N-dealkylation sites (N-methyl/N-ethyl adjacent to an activating group) is 1. The minimum Gasteiger partial charge on any atom is -0.493 e. The molecule has 1 aliphatic heterocycles. The molecule has 122 valence electrons. The zero-order valence-corrected chi connectivity index (χ0v) is 13.0. The molecule has 0 bridgehead atoms. The summed E-state index contributed by atoms with van der Waals surface area (Å²) in [5.41, 5.74) is 0.572. The molecule has 1 aromatic carbocycles. The Kier molecular flexibility index (Phi) is 4.75. The third-order valence-corrected chi connectivity index (χ3v) is 3.26. The number of carboxylic acid groups (broad SMARTS) is 1. The molecule has 2 N–H and O–H groups in total. The number of carbonyl (C=O) groups excluding carboxylic acids is 2. The predicted octanol–water partition coefficient (Wildman–Crippen LogP) is 1.33. The number of carboxylic acids is 1. The topological polar surface area (TPSA) is 105 Å². The molecule has 8 nitrogen and oxygen atoms in total. The summed E-state index contributed by atoms with van der Waals surface area (Å²) in [6, 6.07) is 2.44. The van der Waals surface area contributed by atoms with Gasteiger partial charge in [0.1, 0.15) is 5.70 Å². The fraction of sp³-hybridized carbons (Fsp3) is 0.214. The van der Waals surface area contributed by atoms with Gasteiger partial charge in [0.15, 0.2) is 18.1 Å². The number of nitrogens with one attached hydrogen (secondary N) is 1. The fourth-order valence-electron chi connectivity index (χ4n) is 1.89. The van der Waals surface area contributed by atoms with Crippen LogP contribution in [0.5, 0.6) is 11.5 Å². The van der Waals surface area contributed by atoms with Gasteiger partial charge in [-0.1, -0.05) is 11.6 Å². The first-order chi connectivity index (χ1) is 10.8. The Morgan fingerprint density at radius 2 is 2.13 bits per heavy atom. The minimum absolute atomic E-state index is 0.0811. The van der Waals surface area contributed by atoms with E-state index in [1.54, 1.807) is 0 Å². The standard InChI is InChI=1S/C14H13ClN2O6/c1-17-13(20)9(16-14(17)21)4-7-3-8(15)12(10(5-7)22-2)23-6-11(18)19/h3-5H,6H2,1-2H3,(H,16,21)(H,18,19)/b9-4+. The summed E-state index contributed by atoms with van der Waals surface area (Å²) in [5.74, 6) is -1.35. The molecule has 1 saturated heterocycles. The largest absolute Gasteiger partial charge is 0.493 e. The summed E-state index contributed by atoms with van der Waals surface area (Å²) in [5, 5.41) is 11.2. The lowest BCUT2D eigenvalue weighted by atomic mass is 10.1. The minimum atomic E-state index is -1.16. The Morgan fingerprint density at radius 1 is 1.43 bits per heavy atom. The van der Waals surface area contributed by atoms with E-state index in [1.807, 2.05) is 0 Å².